The average molecular weight is 333 g/mol. The van der Waals surface area contributed by atoms with E-state index in [1.54, 1.807) is 18.5 Å². The number of halogens is 3. The lowest BCUT2D eigenvalue weighted by Gasteiger charge is -2.09. The second-order valence-electron chi connectivity index (χ2n) is 3.24. The lowest BCUT2D eigenvalue weighted by Crippen LogP contribution is -2.03. The fraction of sp³-hybridized carbons (Fsp3) is 0.0909. The van der Waals surface area contributed by atoms with Gasteiger partial charge in [0.05, 0.1) is 22.3 Å². The van der Waals surface area contributed by atoms with Crippen molar-refractivity contribution in [1.29, 1.82) is 0 Å². The average Bonchev–Trinajstić information content (AvgIpc) is 2.36. The molecule has 2 rings (SSSR count). The Morgan fingerprint density at radius 3 is 2.53 bits per heavy atom. The summed E-state index contributed by atoms with van der Waals surface area (Å²) in [6.45, 7) is 0.499. The number of aromatic nitrogens is 2. The molecule has 0 bridgehead atoms. The van der Waals surface area contributed by atoms with Crippen LogP contribution < -0.4 is 5.32 Å². The fourth-order valence-corrected chi connectivity index (χ4v) is 2.10. The normalized spacial score (nSPS) is 10.3. The first-order valence-corrected chi connectivity index (χ1v) is 6.36. The van der Waals surface area contributed by atoms with Crippen molar-refractivity contribution >= 4 is 44.8 Å². The van der Waals surface area contributed by atoms with E-state index in [9.17, 15) is 0 Å². The molecular weight excluding hydrogens is 325 g/mol. The Balaban J connectivity index is 2.13. The maximum Gasteiger partial charge on any atom is 0.147 e. The summed E-state index contributed by atoms with van der Waals surface area (Å²) >= 11 is 15.4. The SMILES string of the molecule is Clc1c(Br)ccc(NCc2ncccn2)c1Cl. The zero-order valence-electron chi connectivity index (χ0n) is 8.62. The predicted molar refractivity (Wildman–Crippen MR) is 73.5 cm³/mol. The van der Waals surface area contributed by atoms with Gasteiger partial charge in [-0.15, -0.1) is 0 Å². The fourth-order valence-electron chi connectivity index (χ4n) is 1.26. The third-order valence-electron chi connectivity index (χ3n) is 2.09. The summed E-state index contributed by atoms with van der Waals surface area (Å²) in [5.41, 5.74) is 0.757. The highest BCUT2D eigenvalue weighted by Gasteiger charge is 2.08. The van der Waals surface area contributed by atoms with Gasteiger partial charge in [0, 0.05) is 16.9 Å². The molecule has 0 aliphatic carbocycles. The molecule has 0 saturated carbocycles. The molecule has 1 aromatic heterocycles. The van der Waals surface area contributed by atoms with E-state index in [-0.39, 0.29) is 0 Å². The maximum atomic E-state index is 6.10. The van der Waals surface area contributed by atoms with Crippen molar-refractivity contribution in [2.24, 2.45) is 0 Å². The van der Waals surface area contributed by atoms with Crippen LogP contribution in [0.25, 0.3) is 0 Å². The van der Waals surface area contributed by atoms with Crippen molar-refractivity contribution in [3.8, 4) is 0 Å². The van der Waals surface area contributed by atoms with Crippen LogP contribution in [0.2, 0.25) is 10.0 Å². The Kier molecular flexibility index (Phi) is 4.20. The van der Waals surface area contributed by atoms with Crippen LogP contribution in [-0.4, -0.2) is 9.97 Å². The van der Waals surface area contributed by atoms with Gasteiger partial charge < -0.3 is 5.32 Å². The maximum absolute atomic E-state index is 6.10. The Morgan fingerprint density at radius 1 is 1.12 bits per heavy atom. The highest BCUT2D eigenvalue weighted by Crippen LogP contribution is 2.35. The second kappa shape index (κ2) is 5.67. The predicted octanol–water partition coefficient (Wildman–Crippen LogP) is 4.16. The quantitative estimate of drug-likeness (QED) is 0.858. The molecule has 0 aliphatic heterocycles. The first-order valence-electron chi connectivity index (χ1n) is 4.82. The van der Waals surface area contributed by atoms with Crippen molar-refractivity contribution in [3.63, 3.8) is 0 Å². The second-order valence-corrected chi connectivity index (χ2v) is 4.85. The van der Waals surface area contributed by atoms with Crippen LogP contribution in [0.3, 0.4) is 0 Å². The highest BCUT2D eigenvalue weighted by atomic mass is 79.9. The van der Waals surface area contributed by atoms with E-state index in [1.807, 2.05) is 12.1 Å². The number of hydrogen-bond acceptors (Lipinski definition) is 3. The van der Waals surface area contributed by atoms with Crippen LogP contribution >= 0.6 is 39.1 Å². The number of hydrogen-bond donors (Lipinski definition) is 1. The van der Waals surface area contributed by atoms with Crippen LogP contribution in [0.1, 0.15) is 5.82 Å². The molecule has 1 aromatic carbocycles. The van der Waals surface area contributed by atoms with Crippen LogP contribution in [-0.2, 0) is 6.54 Å². The van der Waals surface area contributed by atoms with Gasteiger partial charge in [0.2, 0.25) is 0 Å². The third-order valence-corrected chi connectivity index (χ3v) is 3.86. The largest absolute Gasteiger partial charge is 0.376 e. The summed E-state index contributed by atoms with van der Waals surface area (Å²) in [4.78, 5) is 8.21. The zero-order chi connectivity index (χ0) is 12.3. The molecule has 0 aliphatic rings. The smallest absolute Gasteiger partial charge is 0.147 e. The molecule has 1 N–H and O–H groups in total. The van der Waals surface area contributed by atoms with Gasteiger partial charge in [0.1, 0.15) is 5.82 Å². The molecule has 88 valence electrons. The van der Waals surface area contributed by atoms with E-state index in [4.69, 9.17) is 23.2 Å². The molecule has 17 heavy (non-hydrogen) atoms. The number of nitrogens with one attached hydrogen (secondary N) is 1. The van der Waals surface area contributed by atoms with E-state index >= 15 is 0 Å². The van der Waals surface area contributed by atoms with E-state index < -0.39 is 0 Å². The Morgan fingerprint density at radius 2 is 1.82 bits per heavy atom. The van der Waals surface area contributed by atoms with Crippen LogP contribution in [0, 0.1) is 0 Å². The first-order chi connectivity index (χ1) is 8.18. The monoisotopic (exact) mass is 331 g/mol. The minimum absolute atomic E-state index is 0.483. The lowest BCUT2D eigenvalue weighted by atomic mass is 10.3. The van der Waals surface area contributed by atoms with Gasteiger partial charge in [-0.25, -0.2) is 9.97 Å². The standard InChI is InChI=1S/C11H8BrCl2N3/c12-7-2-3-8(11(14)10(7)13)17-6-9-15-4-1-5-16-9/h1-5,17H,6H2. The molecule has 0 radical (unpaired) electrons. The number of benzene rings is 1. The number of nitrogens with zero attached hydrogens (tertiary/aromatic N) is 2. The molecule has 0 amide bonds. The number of anilines is 1. The molecule has 0 fully saturated rings. The molecular formula is C11H8BrCl2N3. The highest BCUT2D eigenvalue weighted by molar-refractivity contribution is 9.10. The summed E-state index contributed by atoms with van der Waals surface area (Å²) < 4.78 is 0.769. The van der Waals surface area contributed by atoms with Crippen molar-refractivity contribution in [1.82, 2.24) is 9.97 Å². The summed E-state index contributed by atoms with van der Waals surface area (Å²) in [5.74, 6) is 0.697. The molecule has 2 aromatic rings. The molecule has 0 spiro atoms. The zero-order valence-corrected chi connectivity index (χ0v) is 11.7. The molecule has 3 nitrogen and oxygen atoms in total. The van der Waals surface area contributed by atoms with Crippen LogP contribution in [0.4, 0.5) is 5.69 Å². The van der Waals surface area contributed by atoms with Gasteiger partial charge in [-0.1, -0.05) is 23.2 Å². The first kappa shape index (κ1) is 12.6. The van der Waals surface area contributed by atoms with Gasteiger partial charge in [-0.05, 0) is 34.1 Å². The Labute approximate surface area is 117 Å². The molecule has 6 heteroatoms. The van der Waals surface area contributed by atoms with E-state index in [0.29, 0.717) is 22.4 Å². The van der Waals surface area contributed by atoms with Crippen molar-refractivity contribution < 1.29 is 0 Å². The summed E-state index contributed by atoms with van der Waals surface area (Å²) in [5, 5.41) is 4.11. The topological polar surface area (TPSA) is 37.8 Å². The van der Waals surface area contributed by atoms with Crippen LogP contribution in [0.5, 0.6) is 0 Å². The van der Waals surface area contributed by atoms with E-state index in [1.165, 1.54) is 0 Å². The minimum Gasteiger partial charge on any atom is -0.376 e. The van der Waals surface area contributed by atoms with Crippen LogP contribution in [0.15, 0.2) is 35.1 Å². The van der Waals surface area contributed by atoms with Gasteiger partial charge in [0.15, 0.2) is 0 Å². The van der Waals surface area contributed by atoms with Gasteiger partial charge in [0.25, 0.3) is 0 Å². The van der Waals surface area contributed by atoms with E-state index in [0.717, 1.165) is 10.2 Å². The van der Waals surface area contributed by atoms with Crippen molar-refractivity contribution in [2.45, 2.75) is 6.54 Å². The van der Waals surface area contributed by atoms with Gasteiger partial charge in [-0.2, -0.15) is 0 Å². The van der Waals surface area contributed by atoms with Gasteiger partial charge >= 0.3 is 0 Å². The summed E-state index contributed by atoms with van der Waals surface area (Å²) in [7, 11) is 0. The van der Waals surface area contributed by atoms with Gasteiger partial charge in [-0.3, -0.25) is 0 Å². The molecule has 0 saturated heterocycles. The third kappa shape index (κ3) is 3.09. The minimum atomic E-state index is 0.483. The molecule has 0 unspecified atom stereocenters. The Bertz CT molecular complexity index is 520. The molecule has 1 heterocycles. The summed E-state index contributed by atoms with van der Waals surface area (Å²) in [6, 6.07) is 5.45. The van der Waals surface area contributed by atoms with E-state index in [2.05, 4.69) is 31.2 Å². The van der Waals surface area contributed by atoms with Crippen molar-refractivity contribution in [2.75, 3.05) is 5.32 Å². The number of rotatable bonds is 3. The van der Waals surface area contributed by atoms with Crippen molar-refractivity contribution in [3.05, 3.63) is 50.9 Å². The summed E-state index contributed by atoms with van der Waals surface area (Å²) in [6.07, 6.45) is 3.39. The lowest BCUT2D eigenvalue weighted by molar-refractivity contribution is 0.948. The Hall–Kier alpha value is -0.840. The molecule has 0 atom stereocenters.